The van der Waals surface area contributed by atoms with E-state index in [0.29, 0.717) is 0 Å². The fourth-order valence-corrected chi connectivity index (χ4v) is 1.43. The van der Waals surface area contributed by atoms with Crippen molar-refractivity contribution in [1.82, 2.24) is 0 Å². The van der Waals surface area contributed by atoms with Crippen LogP contribution in [0.1, 0.15) is 10.4 Å². The average Bonchev–Trinajstić information content (AvgIpc) is 2.13. The summed E-state index contributed by atoms with van der Waals surface area (Å²) >= 11 is 6.74. The van der Waals surface area contributed by atoms with Gasteiger partial charge in [0.2, 0.25) is 0 Å². The zero-order valence-corrected chi connectivity index (χ0v) is 9.20. The molecule has 1 aromatic carbocycles. The van der Waals surface area contributed by atoms with E-state index in [9.17, 15) is 13.6 Å². The summed E-state index contributed by atoms with van der Waals surface area (Å²) in [6, 6.07) is 2.14. The Morgan fingerprint density at radius 2 is 2.08 bits per heavy atom. The first-order valence-electron chi connectivity index (χ1n) is 3.30. The SMILES string of the molecule is O=C(CCl)c1ccc(F)c(I)c1F. The van der Waals surface area contributed by atoms with E-state index in [1.807, 2.05) is 0 Å². The Morgan fingerprint density at radius 3 is 2.62 bits per heavy atom. The lowest BCUT2D eigenvalue weighted by Gasteiger charge is -2.01. The molecule has 0 radical (unpaired) electrons. The molecule has 1 aromatic rings. The van der Waals surface area contributed by atoms with Crippen LogP contribution in [0.15, 0.2) is 12.1 Å². The summed E-state index contributed by atoms with van der Waals surface area (Å²) < 4.78 is 25.7. The first-order chi connectivity index (χ1) is 6.07. The minimum Gasteiger partial charge on any atom is -0.293 e. The predicted molar refractivity (Wildman–Crippen MR) is 54.1 cm³/mol. The molecule has 0 bridgehead atoms. The van der Waals surface area contributed by atoms with Crippen LogP contribution in [0.3, 0.4) is 0 Å². The lowest BCUT2D eigenvalue weighted by Crippen LogP contribution is -2.06. The smallest absolute Gasteiger partial charge is 0.180 e. The van der Waals surface area contributed by atoms with Gasteiger partial charge >= 0.3 is 0 Å². The van der Waals surface area contributed by atoms with Crippen LogP contribution in [-0.4, -0.2) is 11.7 Å². The van der Waals surface area contributed by atoms with Crippen LogP contribution in [0.2, 0.25) is 0 Å². The number of carbonyl (C=O) groups excluding carboxylic acids is 1. The number of halogens is 4. The van der Waals surface area contributed by atoms with Crippen molar-refractivity contribution in [2.24, 2.45) is 0 Å². The van der Waals surface area contributed by atoms with Gasteiger partial charge in [-0.25, -0.2) is 8.78 Å². The lowest BCUT2D eigenvalue weighted by atomic mass is 10.1. The Morgan fingerprint density at radius 1 is 1.46 bits per heavy atom. The van der Waals surface area contributed by atoms with E-state index in [4.69, 9.17) is 11.6 Å². The molecule has 0 unspecified atom stereocenters. The molecule has 0 aliphatic heterocycles. The van der Waals surface area contributed by atoms with Gasteiger partial charge in [-0.3, -0.25) is 4.79 Å². The molecule has 0 aromatic heterocycles. The van der Waals surface area contributed by atoms with Crippen molar-refractivity contribution in [2.75, 3.05) is 5.88 Å². The topological polar surface area (TPSA) is 17.1 Å². The van der Waals surface area contributed by atoms with Gasteiger partial charge in [-0.2, -0.15) is 0 Å². The van der Waals surface area contributed by atoms with E-state index in [2.05, 4.69) is 0 Å². The van der Waals surface area contributed by atoms with Crippen LogP contribution in [0.25, 0.3) is 0 Å². The molecule has 0 heterocycles. The number of Topliss-reactive ketones (excluding diaryl/α,β-unsaturated/α-hetero) is 1. The van der Waals surface area contributed by atoms with Gasteiger partial charge in [0.25, 0.3) is 0 Å². The highest BCUT2D eigenvalue weighted by atomic mass is 127. The molecular weight excluding hydrogens is 312 g/mol. The third-order valence-electron chi connectivity index (χ3n) is 1.46. The van der Waals surface area contributed by atoms with Crippen molar-refractivity contribution in [1.29, 1.82) is 0 Å². The maximum atomic E-state index is 13.2. The maximum absolute atomic E-state index is 13.2. The zero-order valence-electron chi connectivity index (χ0n) is 6.28. The van der Waals surface area contributed by atoms with E-state index >= 15 is 0 Å². The quantitative estimate of drug-likeness (QED) is 0.355. The van der Waals surface area contributed by atoms with Crippen LogP contribution in [0, 0.1) is 15.2 Å². The number of ketones is 1. The normalized spacial score (nSPS) is 10.2. The second-order valence-corrected chi connectivity index (χ2v) is 3.63. The molecule has 0 aliphatic rings. The van der Waals surface area contributed by atoms with E-state index in [1.54, 1.807) is 0 Å². The molecule has 0 aliphatic carbocycles. The van der Waals surface area contributed by atoms with Crippen LogP contribution in [0.5, 0.6) is 0 Å². The molecule has 0 saturated heterocycles. The van der Waals surface area contributed by atoms with Crippen LogP contribution >= 0.6 is 34.2 Å². The van der Waals surface area contributed by atoms with Crippen LogP contribution < -0.4 is 0 Å². The summed E-state index contributed by atoms with van der Waals surface area (Å²) in [6.07, 6.45) is 0. The van der Waals surface area contributed by atoms with Gasteiger partial charge in [-0.1, -0.05) is 0 Å². The summed E-state index contributed by atoms with van der Waals surface area (Å²) in [6.45, 7) is 0. The fourth-order valence-electron chi connectivity index (χ4n) is 0.813. The molecule has 70 valence electrons. The van der Waals surface area contributed by atoms with Crippen molar-refractivity contribution in [3.63, 3.8) is 0 Å². The molecule has 1 rings (SSSR count). The summed E-state index contributed by atoms with van der Waals surface area (Å²) in [5.41, 5.74) is -0.166. The number of rotatable bonds is 2. The van der Waals surface area contributed by atoms with Crippen molar-refractivity contribution in [3.05, 3.63) is 32.9 Å². The van der Waals surface area contributed by atoms with Gasteiger partial charge in [-0.15, -0.1) is 11.6 Å². The number of benzene rings is 1. The largest absolute Gasteiger partial charge is 0.293 e. The highest BCUT2D eigenvalue weighted by Gasteiger charge is 2.15. The minimum absolute atomic E-state index is 0.166. The number of hydrogen-bond acceptors (Lipinski definition) is 1. The summed E-state index contributed by atoms with van der Waals surface area (Å²) in [4.78, 5) is 11.0. The van der Waals surface area contributed by atoms with Gasteiger partial charge in [0, 0.05) is 0 Å². The van der Waals surface area contributed by atoms with Crippen molar-refractivity contribution >= 4 is 40.0 Å². The Bertz CT molecular complexity index is 354. The molecule has 0 saturated carbocycles. The monoisotopic (exact) mass is 316 g/mol. The van der Waals surface area contributed by atoms with Crippen LogP contribution in [0.4, 0.5) is 8.78 Å². The summed E-state index contributed by atoms with van der Waals surface area (Å²) in [5.74, 6) is -2.37. The first kappa shape index (κ1) is 10.8. The van der Waals surface area contributed by atoms with Crippen molar-refractivity contribution in [3.8, 4) is 0 Å². The zero-order chi connectivity index (χ0) is 10.0. The van der Waals surface area contributed by atoms with Crippen molar-refractivity contribution in [2.45, 2.75) is 0 Å². The fraction of sp³-hybridized carbons (Fsp3) is 0.125. The highest BCUT2D eigenvalue weighted by molar-refractivity contribution is 14.1. The van der Waals surface area contributed by atoms with E-state index in [0.717, 1.165) is 12.1 Å². The van der Waals surface area contributed by atoms with E-state index in [1.165, 1.54) is 22.6 Å². The molecule has 0 N–H and O–H groups in total. The van der Waals surface area contributed by atoms with Gasteiger partial charge in [0.05, 0.1) is 15.0 Å². The molecular formula is C8H4ClF2IO. The average molecular weight is 316 g/mol. The number of alkyl halides is 1. The van der Waals surface area contributed by atoms with E-state index in [-0.39, 0.29) is 15.0 Å². The Balaban J connectivity index is 3.26. The molecule has 1 nitrogen and oxygen atoms in total. The molecule has 0 atom stereocenters. The molecule has 0 amide bonds. The number of carbonyl (C=O) groups is 1. The summed E-state index contributed by atoms with van der Waals surface area (Å²) in [7, 11) is 0. The predicted octanol–water partition coefficient (Wildman–Crippen LogP) is 2.99. The van der Waals surface area contributed by atoms with Gasteiger partial charge < -0.3 is 0 Å². The third kappa shape index (κ3) is 2.17. The Kier molecular flexibility index (Phi) is 3.61. The molecule has 0 fully saturated rings. The molecule has 5 heteroatoms. The Labute approximate surface area is 92.2 Å². The standard InChI is InChI=1S/C8H4ClF2IO/c9-3-6(13)4-1-2-5(10)8(12)7(4)11/h1-2H,3H2. The van der Waals surface area contributed by atoms with Gasteiger partial charge in [-0.05, 0) is 34.7 Å². The molecule has 13 heavy (non-hydrogen) atoms. The van der Waals surface area contributed by atoms with Gasteiger partial charge in [0.15, 0.2) is 5.78 Å². The second kappa shape index (κ2) is 4.32. The second-order valence-electron chi connectivity index (χ2n) is 2.28. The van der Waals surface area contributed by atoms with Crippen molar-refractivity contribution < 1.29 is 13.6 Å². The third-order valence-corrected chi connectivity index (χ3v) is 2.69. The van der Waals surface area contributed by atoms with Gasteiger partial charge in [0.1, 0.15) is 11.6 Å². The number of hydrogen-bond donors (Lipinski definition) is 0. The maximum Gasteiger partial charge on any atom is 0.180 e. The van der Waals surface area contributed by atoms with Crippen LogP contribution in [-0.2, 0) is 0 Å². The minimum atomic E-state index is -0.841. The molecule has 0 spiro atoms. The first-order valence-corrected chi connectivity index (χ1v) is 4.92. The lowest BCUT2D eigenvalue weighted by molar-refractivity contribution is 0.101. The summed E-state index contributed by atoms with van der Waals surface area (Å²) in [5, 5.41) is 0. The highest BCUT2D eigenvalue weighted by Crippen LogP contribution is 2.19. The van der Waals surface area contributed by atoms with E-state index < -0.39 is 17.4 Å². The Hall–Kier alpha value is -0.230.